The smallest absolute Gasteiger partial charge is 0.250 e. The molecule has 1 amide bonds. The first-order valence-corrected chi connectivity index (χ1v) is 9.80. The monoisotopic (exact) mass is 413 g/mol. The lowest BCUT2D eigenvalue weighted by Gasteiger charge is -2.49. The minimum Gasteiger partial charge on any atom is -0.510 e. The average Bonchev–Trinajstić information content (AvgIpc) is 2.64. The lowest BCUT2D eigenvalue weighted by Crippen LogP contribution is -2.49. The van der Waals surface area contributed by atoms with Gasteiger partial charge >= 0.3 is 0 Å². The molecule has 0 saturated carbocycles. The molecule has 0 heterocycles. The van der Waals surface area contributed by atoms with E-state index in [0.717, 1.165) is 5.56 Å². The molecular formula is C21H23N3O4S. The van der Waals surface area contributed by atoms with Crippen LogP contribution in [0.3, 0.4) is 0 Å². The van der Waals surface area contributed by atoms with Crippen molar-refractivity contribution in [2.75, 3.05) is 0 Å². The van der Waals surface area contributed by atoms with Crippen LogP contribution in [-0.4, -0.2) is 26.7 Å². The average molecular weight is 413 g/mol. The number of fused-ring (bicyclic) bond motifs is 3. The van der Waals surface area contributed by atoms with Crippen LogP contribution in [0.1, 0.15) is 34.3 Å². The number of amides is 1. The number of hydrogen-bond acceptors (Lipinski definition) is 7. The van der Waals surface area contributed by atoms with E-state index in [2.05, 4.69) is 6.58 Å². The lowest BCUT2D eigenvalue weighted by atomic mass is 9.60. The fourth-order valence-corrected chi connectivity index (χ4v) is 5.55. The van der Waals surface area contributed by atoms with Gasteiger partial charge in [-0.1, -0.05) is 12.6 Å². The van der Waals surface area contributed by atoms with Crippen LogP contribution >= 0.6 is 12.6 Å². The highest BCUT2D eigenvalue weighted by molar-refractivity contribution is 7.82. The van der Waals surface area contributed by atoms with Gasteiger partial charge in [0.25, 0.3) is 5.91 Å². The number of thiol groups is 1. The Morgan fingerprint density at radius 3 is 2.62 bits per heavy atom. The number of carbonyl (C=O) groups excluding carboxylic acids is 2. The molecule has 0 aromatic heterocycles. The first-order valence-electron chi connectivity index (χ1n) is 9.35. The van der Waals surface area contributed by atoms with Crippen molar-refractivity contribution in [3.8, 4) is 5.75 Å². The molecule has 0 saturated heterocycles. The van der Waals surface area contributed by atoms with E-state index in [4.69, 9.17) is 29.8 Å². The zero-order chi connectivity index (χ0) is 21.2. The third-order valence-electron chi connectivity index (χ3n) is 6.51. The highest BCUT2D eigenvalue weighted by Crippen LogP contribution is 2.56. The molecule has 8 heteroatoms. The van der Waals surface area contributed by atoms with Crippen LogP contribution in [0.4, 0.5) is 0 Å². The van der Waals surface area contributed by atoms with Crippen molar-refractivity contribution < 1.29 is 19.8 Å². The maximum atomic E-state index is 13.3. The zero-order valence-corrected chi connectivity index (χ0v) is 16.6. The van der Waals surface area contributed by atoms with Gasteiger partial charge in [0.1, 0.15) is 11.5 Å². The number of ketones is 1. The van der Waals surface area contributed by atoms with Crippen molar-refractivity contribution in [1.29, 1.82) is 0 Å². The first kappa shape index (κ1) is 19.6. The van der Waals surface area contributed by atoms with Gasteiger partial charge in [-0.2, -0.15) is 12.6 Å². The van der Waals surface area contributed by atoms with E-state index in [-0.39, 0.29) is 52.2 Å². The number of primary amides is 1. The predicted molar refractivity (Wildman–Crippen MR) is 111 cm³/mol. The highest BCUT2D eigenvalue weighted by atomic mass is 32.1. The summed E-state index contributed by atoms with van der Waals surface area (Å²) >= 11 is 4.71. The summed E-state index contributed by atoms with van der Waals surface area (Å²) < 4.78 is -1.33. The van der Waals surface area contributed by atoms with E-state index in [1.807, 2.05) is 0 Å². The summed E-state index contributed by atoms with van der Waals surface area (Å²) in [6.07, 6.45) is 1.28. The minimum absolute atomic E-state index is 0.0544. The Balaban J connectivity index is 1.92. The number of rotatable bonds is 2. The summed E-state index contributed by atoms with van der Waals surface area (Å²) in [4.78, 5) is 25.2. The van der Waals surface area contributed by atoms with Crippen LogP contribution in [0.25, 0.3) is 0 Å². The fraction of sp³-hybridized carbons (Fsp3) is 0.333. The van der Waals surface area contributed by atoms with Crippen LogP contribution in [-0.2, 0) is 17.8 Å². The number of phenolic OH excluding ortho intramolecular Hbond substituents is 1. The summed E-state index contributed by atoms with van der Waals surface area (Å²) in [6.45, 7) is 4.18. The third-order valence-corrected chi connectivity index (χ3v) is 7.36. The van der Waals surface area contributed by atoms with E-state index in [0.29, 0.717) is 30.5 Å². The largest absolute Gasteiger partial charge is 0.510 e. The molecule has 0 fully saturated rings. The van der Waals surface area contributed by atoms with E-state index < -0.39 is 16.4 Å². The Morgan fingerprint density at radius 1 is 1.31 bits per heavy atom. The van der Waals surface area contributed by atoms with E-state index >= 15 is 0 Å². The number of aliphatic hydroxyl groups is 1. The van der Waals surface area contributed by atoms with E-state index in [1.54, 1.807) is 6.07 Å². The van der Waals surface area contributed by atoms with Gasteiger partial charge in [0.05, 0.1) is 15.9 Å². The van der Waals surface area contributed by atoms with Gasteiger partial charge < -0.3 is 27.4 Å². The van der Waals surface area contributed by atoms with Crippen molar-refractivity contribution in [3.05, 3.63) is 63.6 Å². The predicted octanol–water partition coefficient (Wildman–Crippen LogP) is 1.36. The molecule has 0 bridgehead atoms. The van der Waals surface area contributed by atoms with Gasteiger partial charge in [0, 0.05) is 17.8 Å². The number of aliphatic hydroxyl groups excluding tert-OH is 1. The van der Waals surface area contributed by atoms with Gasteiger partial charge in [-0.05, 0) is 53.9 Å². The number of Topliss-reactive ketones (excluding diaryl/α,β-unsaturated/α-hetero) is 1. The van der Waals surface area contributed by atoms with Crippen LogP contribution in [0.15, 0.2) is 46.9 Å². The van der Waals surface area contributed by atoms with Crippen LogP contribution in [0.2, 0.25) is 0 Å². The van der Waals surface area contributed by atoms with Crippen LogP contribution < -0.4 is 17.2 Å². The van der Waals surface area contributed by atoms with Gasteiger partial charge in [0.2, 0.25) is 0 Å². The maximum absolute atomic E-state index is 13.3. The van der Waals surface area contributed by atoms with E-state index in [1.165, 1.54) is 6.07 Å². The Bertz CT molecular complexity index is 1060. The SMILES string of the molecule is C=C1C(C(N)=O)=C(N)CC2CC3Cc4c(CN)ccc(O)c4C(=O)C3=C(O)C12S. The molecule has 1 aromatic carbocycles. The van der Waals surface area contributed by atoms with Crippen molar-refractivity contribution in [2.45, 2.75) is 30.6 Å². The Morgan fingerprint density at radius 2 is 2.00 bits per heavy atom. The molecule has 3 aliphatic rings. The normalized spacial score (nSPS) is 28.8. The zero-order valence-electron chi connectivity index (χ0n) is 15.7. The second kappa shape index (κ2) is 6.40. The molecule has 1 aromatic rings. The Hall–Kier alpha value is -2.71. The molecule has 3 atom stereocenters. The Kier molecular flexibility index (Phi) is 4.32. The third kappa shape index (κ3) is 2.49. The summed E-state index contributed by atoms with van der Waals surface area (Å²) in [6, 6.07) is 3.15. The van der Waals surface area contributed by atoms with E-state index in [9.17, 15) is 19.8 Å². The number of carbonyl (C=O) groups is 2. The second-order valence-corrected chi connectivity index (χ2v) is 8.65. The number of nitrogens with two attached hydrogens (primary N) is 3. The second-order valence-electron chi connectivity index (χ2n) is 7.94. The number of allylic oxidation sites excluding steroid dienone is 2. The molecule has 0 spiro atoms. The summed E-state index contributed by atoms with van der Waals surface area (Å²) in [5.74, 6) is -2.13. The van der Waals surface area contributed by atoms with Gasteiger partial charge in [-0.25, -0.2) is 0 Å². The topological polar surface area (TPSA) is 153 Å². The van der Waals surface area contributed by atoms with Gasteiger partial charge in [0.15, 0.2) is 5.78 Å². The van der Waals surface area contributed by atoms with Gasteiger partial charge in [-0.3, -0.25) is 9.59 Å². The molecular weight excluding hydrogens is 390 g/mol. The summed E-state index contributed by atoms with van der Waals surface area (Å²) in [5, 5.41) is 21.6. The standard InChI is InChI=1S/C21H23N3O4S/c1-8-15(20(24)28)13(23)6-11-4-10-5-12-9(7-22)2-3-14(25)17(12)18(26)16(10)19(27)21(8,11)29/h2-3,10-11,25,27,29H,1,4-7,22-23H2,(H2,24,28). The molecule has 0 radical (unpaired) electrons. The lowest BCUT2D eigenvalue weighted by molar-refractivity contribution is -0.114. The van der Waals surface area contributed by atoms with Crippen molar-refractivity contribution >= 4 is 24.3 Å². The Labute approximate surface area is 173 Å². The van der Waals surface area contributed by atoms with Gasteiger partial charge in [-0.15, -0.1) is 0 Å². The molecule has 3 aliphatic carbocycles. The maximum Gasteiger partial charge on any atom is 0.250 e. The molecule has 4 rings (SSSR count). The molecule has 8 N–H and O–H groups in total. The number of hydrogen-bond donors (Lipinski definition) is 6. The molecule has 29 heavy (non-hydrogen) atoms. The van der Waals surface area contributed by atoms with Crippen molar-refractivity contribution in [1.82, 2.24) is 0 Å². The summed E-state index contributed by atoms with van der Waals surface area (Å²) in [7, 11) is 0. The fourth-order valence-electron chi connectivity index (χ4n) is 5.12. The molecule has 0 aliphatic heterocycles. The van der Waals surface area contributed by atoms with Crippen molar-refractivity contribution in [3.63, 3.8) is 0 Å². The number of phenols is 1. The minimum atomic E-state index is -1.33. The summed E-state index contributed by atoms with van der Waals surface area (Å²) in [5.41, 5.74) is 19.8. The highest BCUT2D eigenvalue weighted by Gasteiger charge is 2.55. The number of aromatic hydroxyl groups is 1. The van der Waals surface area contributed by atoms with Crippen LogP contribution in [0, 0.1) is 11.8 Å². The van der Waals surface area contributed by atoms with Crippen LogP contribution in [0.5, 0.6) is 5.75 Å². The van der Waals surface area contributed by atoms with Crippen molar-refractivity contribution in [2.24, 2.45) is 29.0 Å². The number of benzene rings is 1. The first-order chi connectivity index (χ1) is 13.6. The molecule has 7 nitrogen and oxygen atoms in total. The molecule has 3 unspecified atom stereocenters. The quantitative estimate of drug-likeness (QED) is 0.403. The molecule has 152 valence electrons.